The molecule has 0 bridgehead atoms. The Labute approximate surface area is 164 Å². The maximum absolute atomic E-state index is 12.7. The average Bonchev–Trinajstić information content (AvgIpc) is 2.94. The Bertz CT molecular complexity index is 1020. The zero-order valence-corrected chi connectivity index (χ0v) is 16.6. The van der Waals surface area contributed by atoms with E-state index < -0.39 is 6.09 Å². The monoisotopic (exact) mass is 379 g/mol. The van der Waals surface area contributed by atoms with Gasteiger partial charge in [-0.15, -0.1) is 0 Å². The summed E-state index contributed by atoms with van der Waals surface area (Å²) in [5, 5.41) is 6.58. The van der Waals surface area contributed by atoms with Crippen LogP contribution in [0.4, 0.5) is 16.2 Å². The van der Waals surface area contributed by atoms with E-state index in [1.54, 1.807) is 30.3 Å². The van der Waals surface area contributed by atoms with Gasteiger partial charge in [-0.3, -0.25) is 10.1 Å². The van der Waals surface area contributed by atoms with Crippen molar-refractivity contribution in [2.24, 2.45) is 5.92 Å². The summed E-state index contributed by atoms with van der Waals surface area (Å²) in [6.45, 7) is 8.33. The standard InChI is InChI=1S/C22H25N3O3/c1-13(2)12-28-22(27)25-18-7-5-6-17(11-18)24-21(26)16-8-9-20-19(10-16)14(3)15(4)23-20/h5-11,13,23H,12H2,1-4H3,(H,24,26)(H,25,27). The zero-order chi connectivity index (χ0) is 20.3. The number of aromatic amines is 1. The molecule has 3 aromatic rings. The van der Waals surface area contributed by atoms with Gasteiger partial charge in [0.2, 0.25) is 0 Å². The fourth-order valence-electron chi connectivity index (χ4n) is 2.88. The molecule has 6 heteroatoms. The van der Waals surface area contributed by atoms with Gasteiger partial charge in [0, 0.05) is 33.5 Å². The van der Waals surface area contributed by atoms with E-state index in [-0.39, 0.29) is 11.8 Å². The molecule has 0 aliphatic carbocycles. The van der Waals surface area contributed by atoms with Crippen molar-refractivity contribution in [3.05, 3.63) is 59.3 Å². The van der Waals surface area contributed by atoms with Crippen molar-refractivity contribution < 1.29 is 14.3 Å². The van der Waals surface area contributed by atoms with Gasteiger partial charge >= 0.3 is 6.09 Å². The molecular formula is C22H25N3O3. The molecule has 0 atom stereocenters. The van der Waals surface area contributed by atoms with E-state index in [2.05, 4.69) is 15.6 Å². The van der Waals surface area contributed by atoms with Gasteiger partial charge in [-0.25, -0.2) is 4.79 Å². The maximum atomic E-state index is 12.7. The summed E-state index contributed by atoms with van der Waals surface area (Å²) < 4.78 is 5.11. The molecule has 0 spiro atoms. The van der Waals surface area contributed by atoms with E-state index in [0.29, 0.717) is 23.5 Å². The SMILES string of the molecule is Cc1[nH]c2ccc(C(=O)Nc3cccc(NC(=O)OCC(C)C)c3)cc2c1C. The lowest BCUT2D eigenvalue weighted by molar-refractivity contribution is 0.102. The number of benzene rings is 2. The van der Waals surface area contributed by atoms with Crippen LogP contribution in [0.2, 0.25) is 0 Å². The summed E-state index contributed by atoms with van der Waals surface area (Å²) in [6, 6.07) is 12.5. The number of anilines is 2. The third kappa shape index (κ3) is 4.52. The molecule has 0 radical (unpaired) electrons. The Morgan fingerprint density at radius 3 is 2.46 bits per heavy atom. The zero-order valence-electron chi connectivity index (χ0n) is 16.6. The van der Waals surface area contributed by atoms with Crippen LogP contribution in [0.15, 0.2) is 42.5 Å². The number of carbonyl (C=O) groups is 2. The molecule has 2 amide bonds. The van der Waals surface area contributed by atoms with Crippen molar-refractivity contribution in [2.45, 2.75) is 27.7 Å². The van der Waals surface area contributed by atoms with Crippen LogP contribution in [0.3, 0.4) is 0 Å². The lowest BCUT2D eigenvalue weighted by Gasteiger charge is -2.10. The van der Waals surface area contributed by atoms with Gasteiger partial charge in [-0.05, 0) is 61.7 Å². The second-order valence-electron chi connectivity index (χ2n) is 7.29. The number of amides is 2. The predicted octanol–water partition coefficient (Wildman–Crippen LogP) is 5.24. The molecule has 1 aromatic heterocycles. The second kappa shape index (κ2) is 8.17. The molecule has 3 N–H and O–H groups in total. The van der Waals surface area contributed by atoms with Crippen molar-refractivity contribution in [3.63, 3.8) is 0 Å². The van der Waals surface area contributed by atoms with Crippen LogP contribution >= 0.6 is 0 Å². The highest BCUT2D eigenvalue weighted by Crippen LogP contribution is 2.23. The Morgan fingerprint density at radius 1 is 1.04 bits per heavy atom. The third-order valence-electron chi connectivity index (χ3n) is 4.49. The smallest absolute Gasteiger partial charge is 0.411 e. The predicted molar refractivity (Wildman–Crippen MR) is 112 cm³/mol. The molecule has 28 heavy (non-hydrogen) atoms. The molecule has 1 heterocycles. The highest BCUT2D eigenvalue weighted by Gasteiger charge is 2.11. The Balaban J connectivity index is 1.70. The number of aromatic nitrogens is 1. The van der Waals surface area contributed by atoms with Crippen LogP contribution in [0, 0.1) is 19.8 Å². The molecule has 0 saturated heterocycles. The summed E-state index contributed by atoms with van der Waals surface area (Å²) in [4.78, 5) is 27.8. The number of ether oxygens (including phenoxy) is 1. The van der Waals surface area contributed by atoms with Gasteiger partial charge in [0.25, 0.3) is 5.91 Å². The Morgan fingerprint density at radius 2 is 1.75 bits per heavy atom. The molecule has 0 saturated carbocycles. The number of fused-ring (bicyclic) bond motifs is 1. The van der Waals surface area contributed by atoms with Crippen LogP contribution in [0.5, 0.6) is 0 Å². The fourth-order valence-corrected chi connectivity index (χ4v) is 2.88. The van der Waals surface area contributed by atoms with E-state index in [0.717, 1.165) is 22.2 Å². The highest BCUT2D eigenvalue weighted by atomic mass is 16.5. The first-order chi connectivity index (χ1) is 13.3. The van der Waals surface area contributed by atoms with Crippen LogP contribution in [-0.4, -0.2) is 23.6 Å². The lowest BCUT2D eigenvalue weighted by atomic mass is 10.1. The maximum Gasteiger partial charge on any atom is 0.411 e. The van der Waals surface area contributed by atoms with E-state index in [1.807, 2.05) is 39.8 Å². The first-order valence-electron chi connectivity index (χ1n) is 9.27. The van der Waals surface area contributed by atoms with Crippen molar-refractivity contribution in [3.8, 4) is 0 Å². The summed E-state index contributed by atoms with van der Waals surface area (Å²) in [5.74, 6) is 0.0563. The Hall–Kier alpha value is -3.28. The molecule has 0 unspecified atom stereocenters. The Kier molecular flexibility index (Phi) is 5.68. The molecule has 6 nitrogen and oxygen atoms in total. The topological polar surface area (TPSA) is 83.2 Å². The second-order valence-corrected chi connectivity index (χ2v) is 7.29. The third-order valence-corrected chi connectivity index (χ3v) is 4.49. The van der Waals surface area contributed by atoms with Gasteiger partial charge in [-0.1, -0.05) is 19.9 Å². The number of hydrogen-bond acceptors (Lipinski definition) is 3. The highest BCUT2D eigenvalue weighted by molar-refractivity contribution is 6.07. The minimum absolute atomic E-state index is 0.209. The van der Waals surface area contributed by atoms with Gasteiger partial charge < -0.3 is 15.0 Å². The van der Waals surface area contributed by atoms with Crippen molar-refractivity contribution >= 4 is 34.3 Å². The fraction of sp³-hybridized carbons (Fsp3) is 0.273. The number of H-pyrrole nitrogens is 1. The van der Waals surface area contributed by atoms with Crippen molar-refractivity contribution in [2.75, 3.05) is 17.2 Å². The largest absolute Gasteiger partial charge is 0.449 e. The number of nitrogens with one attached hydrogen (secondary N) is 3. The molecule has 2 aromatic carbocycles. The summed E-state index contributed by atoms with van der Waals surface area (Å²) in [5.41, 5.74) is 4.96. The number of carbonyl (C=O) groups excluding carboxylic acids is 2. The van der Waals surface area contributed by atoms with E-state index >= 15 is 0 Å². The van der Waals surface area contributed by atoms with Crippen LogP contribution in [0.1, 0.15) is 35.5 Å². The van der Waals surface area contributed by atoms with Gasteiger partial charge in [-0.2, -0.15) is 0 Å². The quantitative estimate of drug-likeness (QED) is 0.567. The average molecular weight is 379 g/mol. The molecule has 0 aliphatic rings. The summed E-state index contributed by atoms with van der Waals surface area (Å²) >= 11 is 0. The van der Waals surface area contributed by atoms with Gasteiger partial charge in [0.1, 0.15) is 0 Å². The molecule has 146 valence electrons. The first kappa shape index (κ1) is 19.5. The van der Waals surface area contributed by atoms with Crippen LogP contribution < -0.4 is 10.6 Å². The van der Waals surface area contributed by atoms with E-state index in [1.165, 1.54) is 0 Å². The minimum atomic E-state index is -0.513. The van der Waals surface area contributed by atoms with Crippen molar-refractivity contribution in [1.29, 1.82) is 0 Å². The normalized spacial score (nSPS) is 10.9. The van der Waals surface area contributed by atoms with E-state index in [4.69, 9.17) is 4.74 Å². The summed E-state index contributed by atoms with van der Waals surface area (Å²) in [7, 11) is 0. The molecular weight excluding hydrogens is 354 g/mol. The van der Waals surface area contributed by atoms with Gasteiger partial charge in [0.05, 0.1) is 6.61 Å². The molecule has 0 fully saturated rings. The molecule has 0 aliphatic heterocycles. The molecule has 3 rings (SSSR count). The van der Waals surface area contributed by atoms with Crippen molar-refractivity contribution in [1.82, 2.24) is 4.98 Å². The van der Waals surface area contributed by atoms with Crippen LogP contribution in [-0.2, 0) is 4.74 Å². The minimum Gasteiger partial charge on any atom is -0.449 e. The number of rotatable bonds is 5. The van der Waals surface area contributed by atoms with E-state index in [9.17, 15) is 9.59 Å². The van der Waals surface area contributed by atoms with Gasteiger partial charge in [0.15, 0.2) is 0 Å². The summed E-state index contributed by atoms with van der Waals surface area (Å²) in [6.07, 6.45) is -0.513. The number of hydrogen-bond donors (Lipinski definition) is 3. The lowest BCUT2D eigenvalue weighted by Crippen LogP contribution is -2.17. The van der Waals surface area contributed by atoms with Crippen LogP contribution in [0.25, 0.3) is 10.9 Å². The number of aryl methyl sites for hydroxylation is 2. The first-order valence-corrected chi connectivity index (χ1v) is 9.27.